The molecule has 1 aromatic heterocycles. The molecule has 18 heavy (non-hydrogen) atoms. The summed E-state index contributed by atoms with van der Waals surface area (Å²) < 4.78 is 1.76. The van der Waals surface area contributed by atoms with Crippen molar-refractivity contribution < 1.29 is 10.5 Å². The van der Waals surface area contributed by atoms with Crippen LogP contribution >= 0.6 is 0 Å². The van der Waals surface area contributed by atoms with E-state index in [1.54, 1.807) is 4.57 Å². The first-order valence-corrected chi connectivity index (χ1v) is 5.66. The molecule has 5 N–H and O–H groups in total. The molecule has 2 aromatic rings. The van der Waals surface area contributed by atoms with Crippen molar-refractivity contribution in [3.8, 4) is 5.88 Å². The van der Waals surface area contributed by atoms with E-state index in [2.05, 4.69) is 10.2 Å². The van der Waals surface area contributed by atoms with Crippen molar-refractivity contribution in [2.45, 2.75) is 20.4 Å². The summed E-state index contributed by atoms with van der Waals surface area (Å²) in [5.74, 6) is -0.0671. The molecule has 0 aliphatic carbocycles. The summed E-state index contributed by atoms with van der Waals surface area (Å²) in [5, 5.41) is 23.7. The summed E-state index contributed by atoms with van der Waals surface area (Å²) in [6.45, 7) is 4.57. The van der Waals surface area contributed by atoms with E-state index in [0.29, 0.717) is 12.2 Å². The number of hydrogen-bond acceptors (Lipinski definition) is 2. The van der Waals surface area contributed by atoms with Gasteiger partial charge in [0.05, 0.1) is 5.52 Å². The number of nitrogens with two attached hydrogens (primary N) is 2. The third kappa shape index (κ3) is 1.92. The minimum absolute atomic E-state index is 0.0723. The number of rotatable bonds is 2. The molecule has 2 rings (SSSR count). The van der Waals surface area contributed by atoms with Gasteiger partial charge in [-0.25, -0.2) is 0 Å². The van der Waals surface area contributed by atoms with E-state index >= 15 is 0 Å². The number of nitrogens with zero attached hydrogens (tertiary/aromatic N) is 3. The van der Waals surface area contributed by atoms with E-state index in [-0.39, 0.29) is 11.8 Å². The Bertz CT molecular complexity index is 641. The number of aromatic nitrogens is 1. The van der Waals surface area contributed by atoms with Gasteiger partial charge in [-0.05, 0) is 26.0 Å². The zero-order chi connectivity index (χ0) is 13.3. The van der Waals surface area contributed by atoms with Gasteiger partial charge in [0.25, 0.3) is 0 Å². The summed E-state index contributed by atoms with van der Waals surface area (Å²) in [6.07, 6.45) is 0. The molecule has 0 unspecified atom stereocenters. The lowest BCUT2D eigenvalue weighted by Crippen LogP contribution is -2.43. The summed E-state index contributed by atoms with van der Waals surface area (Å²) >= 11 is 0. The van der Waals surface area contributed by atoms with Crippen LogP contribution in [-0.4, -0.2) is 15.6 Å². The molecule has 0 fully saturated rings. The molecule has 0 spiro atoms. The van der Waals surface area contributed by atoms with Gasteiger partial charge in [-0.15, -0.1) is 0 Å². The smallest absolute Gasteiger partial charge is 0.403 e. The highest BCUT2D eigenvalue weighted by atomic mass is 16.3. The van der Waals surface area contributed by atoms with Crippen molar-refractivity contribution in [1.82, 2.24) is 4.57 Å². The summed E-state index contributed by atoms with van der Waals surface area (Å²) in [4.78, 5) is 0. The fourth-order valence-corrected chi connectivity index (χ4v) is 1.96. The molecule has 0 aliphatic rings. The zero-order valence-electron chi connectivity index (χ0n) is 10.4. The van der Waals surface area contributed by atoms with Gasteiger partial charge in [0.1, 0.15) is 0 Å². The first-order valence-electron chi connectivity index (χ1n) is 5.66. The molecule has 1 heterocycles. The highest BCUT2D eigenvalue weighted by Crippen LogP contribution is 2.39. The van der Waals surface area contributed by atoms with Crippen LogP contribution in [0.3, 0.4) is 0 Å². The van der Waals surface area contributed by atoms with Gasteiger partial charge in [-0.3, -0.25) is 11.1 Å². The van der Waals surface area contributed by atoms with Crippen LogP contribution in [0.2, 0.25) is 0 Å². The molecule has 0 amide bonds. The van der Waals surface area contributed by atoms with E-state index in [4.69, 9.17) is 11.1 Å². The second-order valence-corrected chi connectivity index (χ2v) is 4.06. The third-order valence-electron chi connectivity index (χ3n) is 2.75. The van der Waals surface area contributed by atoms with Gasteiger partial charge in [0.15, 0.2) is 5.69 Å². The highest BCUT2D eigenvalue weighted by Gasteiger charge is 2.16. The largest absolute Gasteiger partial charge is 0.493 e. The number of aryl methyl sites for hydroxylation is 2. The number of fused-ring (bicyclic) bond motifs is 1. The van der Waals surface area contributed by atoms with Crippen LogP contribution in [0.25, 0.3) is 10.9 Å². The Morgan fingerprint density at radius 3 is 2.83 bits per heavy atom. The number of guanidine groups is 1. The quantitative estimate of drug-likeness (QED) is 0.415. The predicted octanol–water partition coefficient (Wildman–Crippen LogP) is 0.833. The maximum Gasteiger partial charge on any atom is 0.403 e. The third-order valence-corrected chi connectivity index (χ3v) is 2.75. The SMILES string of the molecule is CCn1c(O)c(N=NC(N)=[NH2+])c2cc(C)ccc21. The van der Waals surface area contributed by atoms with Crippen molar-refractivity contribution in [3.05, 3.63) is 23.8 Å². The summed E-state index contributed by atoms with van der Waals surface area (Å²) in [6, 6.07) is 5.88. The van der Waals surface area contributed by atoms with Crippen LogP contribution in [0.4, 0.5) is 5.69 Å². The molecule has 0 saturated carbocycles. The lowest BCUT2D eigenvalue weighted by Gasteiger charge is -2.01. The molecular weight excluding hydrogens is 230 g/mol. The second kappa shape index (κ2) is 4.48. The minimum atomic E-state index is -0.139. The van der Waals surface area contributed by atoms with Crippen LogP contribution in [0, 0.1) is 6.92 Å². The Labute approximate surface area is 104 Å². The lowest BCUT2D eigenvalue weighted by molar-refractivity contribution is -0.117. The number of benzene rings is 1. The molecule has 0 aliphatic heterocycles. The normalized spacial score (nSPS) is 11.4. The first kappa shape index (κ1) is 12.1. The van der Waals surface area contributed by atoms with E-state index < -0.39 is 0 Å². The second-order valence-electron chi connectivity index (χ2n) is 4.06. The average Bonchev–Trinajstić information content (AvgIpc) is 2.57. The van der Waals surface area contributed by atoms with Crippen molar-refractivity contribution in [3.63, 3.8) is 0 Å². The molecular formula is C12H16N5O+. The molecule has 0 saturated heterocycles. The fourth-order valence-electron chi connectivity index (χ4n) is 1.96. The van der Waals surface area contributed by atoms with E-state index in [9.17, 15) is 5.11 Å². The minimum Gasteiger partial charge on any atom is -0.493 e. The number of aromatic hydroxyl groups is 1. The van der Waals surface area contributed by atoms with Crippen LogP contribution in [0.5, 0.6) is 5.88 Å². The van der Waals surface area contributed by atoms with Gasteiger partial charge in [-0.1, -0.05) is 16.7 Å². The lowest BCUT2D eigenvalue weighted by atomic mass is 10.1. The molecule has 0 radical (unpaired) electrons. The van der Waals surface area contributed by atoms with Gasteiger partial charge >= 0.3 is 5.96 Å². The Kier molecular flexibility index (Phi) is 3.01. The number of azo groups is 1. The van der Waals surface area contributed by atoms with E-state index in [1.165, 1.54) is 0 Å². The predicted molar refractivity (Wildman–Crippen MR) is 69.6 cm³/mol. The highest BCUT2D eigenvalue weighted by molar-refractivity contribution is 5.95. The van der Waals surface area contributed by atoms with Crippen LogP contribution in [0.1, 0.15) is 12.5 Å². The topological polar surface area (TPSA) is 101 Å². The Balaban J connectivity index is 2.74. The summed E-state index contributed by atoms with van der Waals surface area (Å²) in [5.41, 5.74) is 7.63. The molecule has 6 nitrogen and oxygen atoms in total. The monoisotopic (exact) mass is 246 g/mol. The van der Waals surface area contributed by atoms with Crippen LogP contribution < -0.4 is 11.1 Å². The number of hydrogen-bond donors (Lipinski definition) is 3. The molecule has 6 heteroatoms. The van der Waals surface area contributed by atoms with Crippen molar-refractivity contribution in [2.75, 3.05) is 0 Å². The fraction of sp³-hybridized carbons (Fsp3) is 0.250. The van der Waals surface area contributed by atoms with Gasteiger partial charge < -0.3 is 9.67 Å². The maximum atomic E-state index is 10.1. The Morgan fingerprint density at radius 1 is 1.50 bits per heavy atom. The molecule has 0 bridgehead atoms. The van der Waals surface area contributed by atoms with E-state index in [0.717, 1.165) is 16.5 Å². The Morgan fingerprint density at radius 2 is 2.22 bits per heavy atom. The summed E-state index contributed by atoms with van der Waals surface area (Å²) in [7, 11) is 0. The van der Waals surface area contributed by atoms with Gasteiger partial charge in [0.2, 0.25) is 5.88 Å². The maximum absolute atomic E-state index is 10.1. The molecule has 1 aromatic carbocycles. The van der Waals surface area contributed by atoms with Crippen molar-refractivity contribution >= 4 is 22.5 Å². The average molecular weight is 246 g/mol. The van der Waals surface area contributed by atoms with Crippen molar-refractivity contribution in [2.24, 2.45) is 16.0 Å². The standard InChI is InChI=1S/C12H15N5O/c1-3-17-9-5-4-7(2)6-8(9)10(11(17)18)15-16-12(13)14/h4-6,18H,3H2,1-2H3,(H3,13,14)/p+1. The van der Waals surface area contributed by atoms with Crippen molar-refractivity contribution in [1.29, 1.82) is 0 Å². The first-order chi connectivity index (χ1) is 8.54. The Hall–Kier alpha value is -2.37. The van der Waals surface area contributed by atoms with Crippen LogP contribution in [-0.2, 0) is 6.54 Å². The van der Waals surface area contributed by atoms with E-state index in [1.807, 2.05) is 32.0 Å². The van der Waals surface area contributed by atoms with Gasteiger partial charge in [-0.2, -0.15) is 0 Å². The van der Waals surface area contributed by atoms with Crippen LogP contribution in [0.15, 0.2) is 28.4 Å². The zero-order valence-corrected chi connectivity index (χ0v) is 10.4. The molecule has 0 atom stereocenters. The molecule has 94 valence electrons. The van der Waals surface area contributed by atoms with Gasteiger partial charge in [0, 0.05) is 17.0 Å².